The third-order valence-electron chi connectivity index (χ3n) is 5.04. The molecule has 1 unspecified atom stereocenters. The van der Waals surface area contributed by atoms with Gasteiger partial charge in [0.2, 0.25) is 5.95 Å². The van der Waals surface area contributed by atoms with E-state index in [9.17, 15) is 4.79 Å². The monoisotopic (exact) mass is 420 g/mol. The van der Waals surface area contributed by atoms with E-state index in [-0.39, 0.29) is 12.5 Å². The number of nitrogens with one attached hydrogen (secondary N) is 2. The quantitative estimate of drug-likeness (QED) is 0.538. The van der Waals surface area contributed by atoms with E-state index in [1.165, 1.54) is 0 Å². The summed E-state index contributed by atoms with van der Waals surface area (Å²) >= 11 is 0. The third-order valence-corrected chi connectivity index (χ3v) is 5.04. The number of nitrogens with zero attached hydrogens (tertiary/aromatic N) is 4. The lowest BCUT2D eigenvalue weighted by Gasteiger charge is -2.29. The lowest BCUT2D eigenvalue weighted by atomic mass is 9.94. The van der Waals surface area contributed by atoms with Crippen LogP contribution in [0.25, 0.3) is 0 Å². The molecule has 1 amide bonds. The van der Waals surface area contributed by atoms with E-state index in [4.69, 9.17) is 9.84 Å². The van der Waals surface area contributed by atoms with Crippen molar-refractivity contribution in [2.24, 2.45) is 0 Å². The highest BCUT2D eigenvalue weighted by Crippen LogP contribution is 2.39. The molecule has 3 heterocycles. The fourth-order valence-electron chi connectivity index (χ4n) is 3.63. The summed E-state index contributed by atoms with van der Waals surface area (Å²) in [6, 6.07) is 12.3. The molecule has 0 aliphatic carbocycles. The fraction of sp³-hybridized carbons (Fsp3) is 0.273. The zero-order chi connectivity index (χ0) is 21.8. The molecule has 1 atom stereocenters. The summed E-state index contributed by atoms with van der Waals surface area (Å²) in [6.07, 6.45) is 2.71. The number of carbonyl (C=O) groups excluding carboxylic acids is 1. The molecule has 0 spiro atoms. The van der Waals surface area contributed by atoms with Crippen LogP contribution < -0.4 is 15.4 Å². The molecule has 1 aliphatic heterocycles. The number of hydrogen-bond acceptors (Lipinski definition) is 7. The average Bonchev–Trinajstić information content (AvgIpc) is 3.19. The number of hydrogen-bond donors (Lipinski definition) is 3. The van der Waals surface area contributed by atoms with Crippen molar-refractivity contribution >= 4 is 17.7 Å². The summed E-state index contributed by atoms with van der Waals surface area (Å²) in [7, 11) is 1.60. The maximum Gasteiger partial charge on any atom is 0.257 e. The summed E-state index contributed by atoms with van der Waals surface area (Å²) in [4.78, 5) is 22.1. The highest BCUT2D eigenvalue weighted by atomic mass is 16.5. The topological polar surface area (TPSA) is 114 Å². The van der Waals surface area contributed by atoms with Gasteiger partial charge in [-0.2, -0.15) is 10.1 Å². The molecular formula is C22H24N6O3. The Kier molecular flexibility index (Phi) is 5.94. The molecule has 31 heavy (non-hydrogen) atoms. The molecule has 4 rings (SSSR count). The summed E-state index contributed by atoms with van der Waals surface area (Å²) in [5.74, 6) is 1.94. The number of para-hydroxylation sites is 1. The normalized spacial score (nSPS) is 15.3. The number of methoxy groups -OCH3 is 1. The molecule has 3 aromatic rings. The molecule has 0 fully saturated rings. The van der Waals surface area contributed by atoms with Gasteiger partial charge in [-0.15, -0.1) is 0 Å². The molecule has 9 nitrogen and oxygen atoms in total. The Labute approximate surface area is 179 Å². The SMILES string of the molecule is COc1ccccc1C1C(C(=O)Nc2ccccn2)=C(C)Nc2nc(CCCO)nn21. The van der Waals surface area contributed by atoms with E-state index in [1.807, 2.05) is 37.3 Å². The highest BCUT2D eigenvalue weighted by molar-refractivity contribution is 6.05. The first kappa shape index (κ1) is 20.5. The van der Waals surface area contributed by atoms with Gasteiger partial charge in [0.1, 0.15) is 17.6 Å². The number of allylic oxidation sites excluding steroid dienone is 1. The predicted octanol–water partition coefficient (Wildman–Crippen LogP) is 2.53. The first-order valence-corrected chi connectivity index (χ1v) is 10.0. The number of aryl methyl sites for hydroxylation is 1. The summed E-state index contributed by atoms with van der Waals surface area (Å²) in [5.41, 5.74) is 1.94. The maximum absolute atomic E-state index is 13.4. The minimum Gasteiger partial charge on any atom is -0.496 e. The molecule has 1 aromatic carbocycles. The van der Waals surface area contributed by atoms with Crippen molar-refractivity contribution in [3.8, 4) is 5.75 Å². The van der Waals surface area contributed by atoms with Crippen molar-refractivity contribution in [3.05, 3.63) is 71.3 Å². The molecule has 0 bridgehead atoms. The van der Waals surface area contributed by atoms with Crippen molar-refractivity contribution in [2.75, 3.05) is 24.4 Å². The molecule has 2 aromatic heterocycles. The van der Waals surface area contributed by atoms with Crippen LogP contribution in [-0.2, 0) is 11.2 Å². The summed E-state index contributed by atoms with van der Waals surface area (Å²) in [5, 5.41) is 19.9. The number of ether oxygens (including phenoxy) is 1. The summed E-state index contributed by atoms with van der Waals surface area (Å²) < 4.78 is 7.28. The number of carbonyl (C=O) groups is 1. The van der Waals surface area contributed by atoms with Crippen LogP contribution in [0.15, 0.2) is 59.9 Å². The maximum atomic E-state index is 13.4. The number of aliphatic hydroxyl groups excluding tert-OH is 1. The standard InChI is InChI=1S/C22H24N6O3/c1-14-19(21(30)25-17-10-5-6-12-23-17)20(15-8-3-4-9-16(15)31-2)28-22(24-14)26-18(27-28)11-7-13-29/h3-6,8-10,12,20,29H,7,11,13H2,1-2H3,(H,23,25,30)(H,24,26,27). The second kappa shape index (κ2) is 8.97. The zero-order valence-corrected chi connectivity index (χ0v) is 17.4. The number of rotatable bonds is 7. The van der Waals surface area contributed by atoms with Crippen molar-refractivity contribution in [1.82, 2.24) is 19.7 Å². The Bertz CT molecular complexity index is 1110. The van der Waals surface area contributed by atoms with Crippen LogP contribution in [0.3, 0.4) is 0 Å². The first-order chi connectivity index (χ1) is 15.1. The van der Waals surface area contributed by atoms with Crippen molar-refractivity contribution < 1.29 is 14.6 Å². The Morgan fingerprint density at radius 2 is 2.06 bits per heavy atom. The van der Waals surface area contributed by atoms with E-state index < -0.39 is 6.04 Å². The number of fused-ring (bicyclic) bond motifs is 1. The van der Waals surface area contributed by atoms with Crippen LogP contribution in [0.5, 0.6) is 5.75 Å². The van der Waals surface area contributed by atoms with Crippen LogP contribution in [0, 0.1) is 0 Å². The number of aliphatic hydroxyl groups is 1. The van der Waals surface area contributed by atoms with Crippen molar-refractivity contribution in [1.29, 1.82) is 0 Å². The molecule has 160 valence electrons. The smallest absolute Gasteiger partial charge is 0.257 e. The van der Waals surface area contributed by atoms with E-state index in [2.05, 4.69) is 25.7 Å². The molecule has 1 aliphatic rings. The predicted molar refractivity (Wildman–Crippen MR) is 116 cm³/mol. The van der Waals surface area contributed by atoms with Crippen LogP contribution in [0.4, 0.5) is 11.8 Å². The van der Waals surface area contributed by atoms with Gasteiger partial charge < -0.3 is 20.5 Å². The number of pyridine rings is 1. The molecule has 9 heteroatoms. The van der Waals surface area contributed by atoms with Crippen LogP contribution in [-0.4, -0.2) is 44.5 Å². The van der Waals surface area contributed by atoms with Gasteiger partial charge >= 0.3 is 0 Å². The minimum atomic E-state index is -0.550. The Morgan fingerprint density at radius 1 is 1.26 bits per heavy atom. The minimum absolute atomic E-state index is 0.0578. The van der Waals surface area contributed by atoms with Gasteiger partial charge in [-0.3, -0.25) is 4.79 Å². The average molecular weight is 420 g/mol. The van der Waals surface area contributed by atoms with E-state index >= 15 is 0 Å². The largest absolute Gasteiger partial charge is 0.496 e. The second-order valence-electron chi connectivity index (χ2n) is 7.10. The second-order valence-corrected chi connectivity index (χ2v) is 7.10. The van der Waals surface area contributed by atoms with Crippen molar-refractivity contribution in [3.63, 3.8) is 0 Å². The zero-order valence-electron chi connectivity index (χ0n) is 17.4. The van der Waals surface area contributed by atoms with E-state index in [0.717, 1.165) is 5.56 Å². The highest BCUT2D eigenvalue weighted by Gasteiger charge is 2.35. The van der Waals surface area contributed by atoms with E-state index in [1.54, 1.807) is 30.1 Å². The van der Waals surface area contributed by atoms with Crippen LogP contribution in [0.1, 0.15) is 30.8 Å². The van der Waals surface area contributed by atoms with Gasteiger partial charge in [-0.05, 0) is 31.5 Å². The first-order valence-electron chi connectivity index (χ1n) is 10.0. The Morgan fingerprint density at radius 3 is 2.81 bits per heavy atom. The number of benzene rings is 1. The van der Waals surface area contributed by atoms with Gasteiger partial charge in [0, 0.05) is 30.5 Å². The van der Waals surface area contributed by atoms with Gasteiger partial charge in [0.05, 0.1) is 12.7 Å². The van der Waals surface area contributed by atoms with Gasteiger partial charge in [-0.1, -0.05) is 24.3 Å². The van der Waals surface area contributed by atoms with Gasteiger partial charge in [0.15, 0.2) is 5.82 Å². The van der Waals surface area contributed by atoms with Crippen molar-refractivity contribution in [2.45, 2.75) is 25.8 Å². The Hall–Kier alpha value is -3.72. The molecular weight excluding hydrogens is 396 g/mol. The Balaban J connectivity index is 1.80. The third kappa shape index (κ3) is 4.13. The fourth-order valence-corrected chi connectivity index (χ4v) is 3.63. The van der Waals surface area contributed by atoms with Crippen LogP contribution >= 0.6 is 0 Å². The number of anilines is 2. The van der Waals surface area contributed by atoms with Gasteiger partial charge in [0.25, 0.3) is 5.91 Å². The molecule has 3 N–H and O–H groups in total. The molecule has 0 radical (unpaired) electrons. The van der Waals surface area contributed by atoms with E-state index in [0.29, 0.717) is 47.5 Å². The lowest BCUT2D eigenvalue weighted by Crippen LogP contribution is -2.32. The number of amides is 1. The molecule has 0 saturated heterocycles. The van der Waals surface area contributed by atoms with Gasteiger partial charge in [-0.25, -0.2) is 9.67 Å². The molecule has 0 saturated carbocycles. The van der Waals surface area contributed by atoms with Crippen LogP contribution in [0.2, 0.25) is 0 Å². The number of aromatic nitrogens is 4. The summed E-state index contributed by atoms with van der Waals surface area (Å²) in [6.45, 7) is 1.89. The lowest BCUT2D eigenvalue weighted by molar-refractivity contribution is -0.113.